The monoisotopic (exact) mass is 859 g/mol. The van der Waals surface area contributed by atoms with Gasteiger partial charge in [-0.05, 0) is 25.0 Å². The second-order valence-electron chi connectivity index (χ2n) is 16.9. The number of phosphoric acid groups is 1. The van der Waals surface area contributed by atoms with Crippen LogP contribution in [-0.4, -0.2) is 94.7 Å². The Hall–Kier alpha value is -1.11. The molecule has 0 spiro atoms. The van der Waals surface area contributed by atoms with Crippen LogP contribution < -0.4 is 4.52 Å². The van der Waals surface area contributed by atoms with E-state index in [1.807, 2.05) is 0 Å². The molecule has 2 rings (SSSR count). The van der Waals surface area contributed by atoms with Crippen LogP contribution in [0.15, 0.2) is 30.3 Å². The summed E-state index contributed by atoms with van der Waals surface area (Å²) in [6.07, 6.45) is 23.7. The molecule has 1 aliphatic rings. The lowest BCUT2D eigenvalue weighted by molar-refractivity contribution is -0.220. The van der Waals surface area contributed by atoms with E-state index in [1.165, 1.54) is 148 Å². The number of ether oxygens (including phenoxy) is 2. The molecule has 1 aromatic carbocycles. The van der Waals surface area contributed by atoms with E-state index < -0.39 is 50.6 Å². The number of aliphatic hydroxyl groups is 5. The molecule has 0 saturated heterocycles. The number of hydrogen-bond donors (Lipinski definition) is 5. The van der Waals surface area contributed by atoms with Gasteiger partial charge < -0.3 is 39.5 Å². The van der Waals surface area contributed by atoms with E-state index in [-0.39, 0.29) is 19.0 Å². The first kappa shape index (κ1) is 54.0. The molecule has 11 nitrogen and oxygen atoms in total. The Morgan fingerprint density at radius 2 is 0.864 bits per heavy atom. The van der Waals surface area contributed by atoms with Crippen molar-refractivity contribution in [1.82, 2.24) is 0 Å². The predicted molar refractivity (Wildman–Crippen MR) is 237 cm³/mol. The molecule has 1 fully saturated rings. The zero-order chi connectivity index (χ0) is 42.8. The molecule has 0 aliphatic heterocycles. The highest BCUT2D eigenvalue weighted by Crippen LogP contribution is 2.52. The molecule has 12 heteroatoms. The number of aliphatic hydroxyl groups excluding tert-OH is 5. The molecule has 0 radical (unpaired) electrons. The Kier molecular flexibility index (Phi) is 32.4. The second kappa shape index (κ2) is 35.4. The fourth-order valence-electron chi connectivity index (χ4n) is 7.64. The van der Waals surface area contributed by atoms with Crippen molar-refractivity contribution in [2.45, 2.75) is 236 Å². The molecule has 59 heavy (non-hydrogen) atoms. The second-order valence-corrected chi connectivity index (χ2v) is 18.5. The average molecular weight is 859 g/mol. The van der Waals surface area contributed by atoms with E-state index in [4.69, 9.17) is 23.0 Å². The minimum atomic E-state index is -4.62. The molecule has 3 unspecified atom stereocenters. The van der Waals surface area contributed by atoms with Crippen LogP contribution >= 0.6 is 7.82 Å². The smallest absolute Gasteiger partial charge is 0.404 e. The Bertz CT molecular complexity index is 1110. The Labute approximate surface area is 358 Å². The van der Waals surface area contributed by atoms with Crippen LogP contribution in [-0.2, 0) is 23.1 Å². The summed E-state index contributed by atoms with van der Waals surface area (Å²) in [6.45, 7) is 5.50. The molecule has 5 N–H and O–H groups in total. The first-order valence-electron chi connectivity index (χ1n) is 24.0. The lowest BCUT2D eigenvalue weighted by atomic mass is 9.85. The highest BCUT2D eigenvalue weighted by atomic mass is 31.2. The van der Waals surface area contributed by atoms with Gasteiger partial charge in [0.1, 0.15) is 48.5 Å². The zero-order valence-corrected chi connectivity index (χ0v) is 38.1. The first-order chi connectivity index (χ1) is 28.7. The fourth-order valence-corrected chi connectivity index (χ4v) is 9.07. The van der Waals surface area contributed by atoms with Crippen molar-refractivity contribution in [3.8, 4) is 5.75 Å². The van der Waals surface area contributed by atoms with Gasteiger partial charge in [0.05, 0.1) is 13.2 Å². The molecule has 1 aromatic rings. The first-order valence-corrected chi connectivity index (χ1v) is 25.5. The SMILES string of the molecule is CCCCCCCCCCCCCCCCOC[C@H](COP(=O)(Oc1ccccc1)OC1[C@H](O)[C@H](O)C(O)[C@H](O)[C@H]1O)OCCCCCCCCCCCCCCCC. The van der Waals surface area contributed by atoms with Gasteiger partial charge in [-0.2, -0.15) is 0 Å². The molecule has 0 bridgehead atoms. The maximum atomic E-state index is 14.2. The largest absolute Gasteiger partial charge is 0.530 e. The highest BCUT2D eigenvalue weighted by Gasteiger charge is 2.52. The standard InChI is InChI=1S/C47H87O11P/c1-3-5-7-9-11-13-15-17-19-21-23-25-27-32-36-54-38-41(55-37-33-28-26-24-22-20-18-16-14-12-10-8-6-4-2)39-56-59(53,57-40-34-30-29-31-35-40)58-47-45(51)43(49)42(48)44(50)46(47)52/h29-31,34-35,41-52H,3-28,32-33,36-39H2,1-2H3/t41-,42?,43-,44+,45-,46-,47?,59?/m1/s1. The average Bonchev–Trinajstić information content (AvgIpc) is 3.24. The molecule has 0 heterocycles. The number of hydrogen-bond acceptors (Lipinski definition) is 11. The van der Waals surface area contributed by atoms with Gasteiger partial charge in [-0.15, -0.1) is 0 Å². The fraction of sp³-hybridized carbons (Fsp3) is 0.872. The Morgan fingerprint density at radius 1 is 0.492 bits per heavy atom. The van der Waals surface area contributed by atoms with Crippen molar-refractivity contribution in [3.63, 3.8) is 0 Å². The minimum absolute atomic E-state index is 0.144. The van der Waals surface area contributed by atoms with E-state index in [0.717, 1.165) is 32.1 Å². The van der Waals surface area contributed by atoms with E-state index in [0.29, 0.717) is 13.2 Å². The van der Waals surface area contributed by atoms with Crippen molar-refractivity contribution in [2.75, 3.05) is 26.4 Å². The number of phosphoric ester groups is 1. The van der Waals surface area contributed by atoms with Crippen molar-refractivity contribution >= 4 is 7.82 Å². The molecular formula is C47H87O11P. The zero-order valence-electron chi connectivity index (χ0n) is 37.2. The molecule has 8 atom stereocenters. The van der Waals surface area contributed by atoms with E-state index in [2.05, 4.69) is 13.8 Å². The van der Waals surface area contributed by atoms with Crippen molar-refractivity contribution < 1.29 is 53.1 Å². The summed E-state index contributed by atoms with van der Waals surface area (Å²) in [7, 11) is -4.62. The van der Waals surface area contributed by atoms with Crippen molar-refractivity contribution in [1.29, 1.82) is 0 Å². The molecule has 1 aliphatic carbocycles. The van der Waals surface area contributed by atoms with Crippen molar-refractivity contribution in [3.05, 3.63) is 30.3 Å². The van der Waals surface area contributed by atoms with Crippen LogP contribution in [0.2, 0.25) is 0 Å². The molecule has 346 valence electrons. The quantitative estimate of drug-likeness (QED) is 0.0315. The Morgan fingerprint density at radius 3 is 1.29 bits per heavy atom. The molecule has 0 amide bonds. The van der Waals surface area contributed by atoms with Gasteiger partial charge in [-0.1, -0.05) is 199 Å². The van der Waals surface area contributed by atoms with Crippen LogP contribution in [0.3, 0.4) is 0 Å². The van der Waals surface area contributed by atoms with Gasteiger partial charge in [-0.3, -0.25) is 9.05 Å². The van der Waals surface area contributed by atoms with Crippen LogP contribution in [0.1, 0.15) is 194 Å². The maximum Gasteiger partial charge on any atom is 0.530 e. The van der Waals surface area contributed by atoms with Gasteiger partial charge in [-0.25, -0.2) is 4.57 Å². The summed E-state index contributed by atoms with van der Waals surface area (Å²) < 4.78 is 43.5. The van der Waals surface area contributed by atoms with Gasteiger partial charge >= 0.3 is 7.82 Å². The lowest BCUT2D eigenvalue weighted by Crippen LogP contribution is -2.64. The van der Waals surface area contributed by atoms with Gasteiger partial charge in [0.2, 0.25) is 0 Å². The van der Waals surface area contributed by atoms with E-state index in [9.17, 15) is 30.1 Å². The van der Waals surface area contributed by atoms with Crippen LogP contribution in [0.25, 0.3) is 0 Å². The van der Waals surface area contributed by atoms with Crippen LogP contribution in [0.5, 0.6) is 5.75 Å². The van der Waals surface area contributed by atoms with E-state index in [1.54, 1.807) is 30.3 Å². The van der Waals surface area contributed by atoms with Crippen LogP contribution in [0.4, 0.5) is 0 Å². The van der Waals surface area contributed by atoms with Crippen molar-refractivity contribution in [2.24, 2.45) is 0 Å². The lowest BCUT2D eigenvalue weighted by Gasteiger charge is -2.41. The Balaban J connectivity index is 1.83. The number of benzene rings is 1. The normalized spacial score (nSPS) is 22.4. The summed E-state index contributed by atoms with van der Waals surface area (Å²) in [5.74, 6) is 0.144. The van der Waals surface area contributed by atoms with Gasteiger partial charge in [0, 0.05) is 13.2 Å². The third-order valence-electron chi connectivity index (χ3n) is 11.5. The minimum Gasteiger partial charge on any atom is -0.404 e. The summed E-state index contributed by atoms with van der Waals surface area (Å²) >= 11 is 0. The number of rotatable bonds is 40. The van der Waals surface area contributed by atoms with Crippen LogP contribution in [0, 0.1) is 0 Å². The third-order valence-corrected chi connectivity index (χ3v) is 12.9. The molecule has 0 aromatic heterocycles. The van der Waals surface area contributed by atoms with Gasteiger partial charge in [0.25, 0.3) is 0 Å². The topological polar surface area (TPSA) is 164 Å². The molecular weight excluding hydrogens is 771 g/mol. The van der Waals surface area contributed by atoms with E-state index >= 15 is 0 Å². The number of para-hydroxylation sites is 1. The summed E-state index contributed by atoms with van der Waals surface area (Å²) in [5.41, 5.74) is 0. The maximum absolute atomic E-state index is 14.2. The predicted octanol–water partition coefficient (Wildman–Crippen LogP) is 10.8. The van der Waals surface area contributed by atoms with Gasteiger partial charge in [0.15, 0.2) is 0 Å². The summed E-state index contributed by atoms with van der Waals surface area (Å²) in [6, 6.07) is 8.18. The third kappa shape index (κ3) is 25.6. The summed E-state index contributed by atoms with van der Waals surface area (Å²) in [5, 5.41) is 51.9. The molecule has 1 saturated carbocycles. The summed E-state index contributed by atoms with van der Waals surface area (Å²) in [4.78, 5) is 0. The highest BCUT2D eigenvalue weighted by molar-refractivity contribution is 7.49. The number of unbranched alkanes of at least 4 members (excludes halogenated alkanes) is 26.